The molecule has 0 aromatic heterocycles. The second kappa shape index (κ2) is 5.04. The van der Waals surface area contributed by atoms with Crippen molar-refractivity contribution in [3.05, 3.63) is 0 Å². The van der Waals surface area contributed by atoms with Crippen molar-refractivity contribution in [3.8, 4) is 0 Å². The van der Waals surface area contributed by atoms with Gasteiger partial charge in [-0.1, -0.05) is 20.6 Å². The van der Waals surface area contributed by atoms with Gasteiger partial charge in [-0.3, -0.25) is 0 Å². The topological polar surface area (TPSA) is 98.7 Å². The minimum atomic E-state index is -3.19. The molecule has 0 rings (SSSR count). The van der Waals surface area contributed by atoms with E-state index in [4.69, 9.17) is 11.6 Å². The van der Waals surface area contributed by atoms with Gasteiger partial charge in [-0.05, 0) is 9.13 Å². The van der Waals surface area contributed by atoms with Crippen molar-refractivity contribution in [1.82, 2.24) is 0 Å². The molecule has 0 aromatic carbocycles. The fraction of sp³-hybridized carbons (Fsp3) is 1.00. The van der Waals surface area contributed by atoms with Gasteiger partial charge in [0.2, 0.25) is 0 Å². The van der Waals surface area contributed by atoms with Crippen molar-refractivity contribution < 1.29 is 28.0 Å². The van der Waals surface area contributed by atoms with Crippen LogP contribution in [0.5, 0.6) is 0 Å². The lowest BCUT2D eigenvalue weighted by Gasteiger charge is -1.94. The lowest BCUT2D eigenvalue weighted by atomic mass is 11.5. The Morgan fingerprint density at radius 1 is 1.20 bits per heavy atom. The first-order chi connectivity index (χ1) is 4.52. The van der Waals surface area contributed by atoms with Crippen LogP contribution in [0, 0.1) is 0 Å². The maximum atomic E-state index is 9.64. The van der Waals surface area contributed by atoms with Gasteiger partial charge in [-0.15, -0.1) is 0 Å². The number of hydrogen-bond acceptors (Lipinski definition) is 6. The van der Waals surface area contributed by atoms with E-state index in [9.17, 15) is 18.9 Å². The lowest BCUT2D eigenvalue weighted by molar-refractivity contribution is -0.206. The SMILES string of the molecule is O=[P+]([O-])OC(Cl)O[P+](=O)[O-]. The van der Waals surface area contributed by atoms with Gasteiger partial charge in [0.05, 0.1) is 0 Å². The van der Waals surface area contributed by atoms with Gasteiger partial charge < -0.3 is 9.79 Å². The Hall–Kier alpha value is 0.330. The van der Waals surface area contributed by atoms with Crippen LogP contribution in [0.2, 0.25) is 0 Å². The maximum Gasteiger partial charge on any atom is 0.492 e. The van der Waals surface area contributed by atoms with Gasteiger partial charge in [0.15, 0.2) is 0 Å². The number of halogens is 1. The van der Waals surface area contributed by atoms with Crippen LogP contribution >= 0.6 is 28.1 Å². The number of rotatable bonds is 4. The highest BCUT2D eigenvalue weighted by Crippen LogP contribution is 2.23. The van der Waals surface area contributed by atoms with Gasteiger partial charge in [0.25, 0.3) is 0 Å². The standard InChI is InChI=1S/CHClO6P2/c2-1(7-9(3)4)8-10(5)6/h1H. The molecule has 9 heteroatoms. The maximum absolute atomic E-state index is 9.64. The fourth-order valence-electron chi connectivity index (χ4n) is 0.155. The van der Waals surface area contributed by atoms with Crippen LogP contribution in [0.4, 0.5) is 0 Å². The summed E-state index contributed by atoms with van der Waals surface area (Å²) in [5, 5.41) is 0. The van der Waals surface area contributed by atoms with Crippen LogP contribution in [-0.2, 0) is 18.2 Å². The molecule has 58 valence electrons. The van der Waals surface area contributed by atoms with Gasteiger partial charge in [0.1, 0.15) is 0 Å². The van der Waals surface area contributed by atoms with Gasteiger partial charge in [0, 0.05) is 0 Å². The molecule has 0 spiro atoms. The van der Waals surface area contributed by atoms with E-state index in [1.54, 1.807) is 0 Å². The summed E-state index contributed by atoms with van der Waals surface area (Å²) in [4.78, 5) is 19.3. The third kappa shape index (κ3) is 6.45. The summed E-state index contributed by atoms with van der Waals surface area (Å²) in [5.41, 5.74) is 0. The zero-order valence-electron chi connectivity index (χ0n) is 4.30. The highest BCUT2D eigenvalue weighted by molar-refractivity contribution is 7.31. The molecule has 6 nitrogen and oxygen atoms in total. The molecular formula is CHClO6P2. The predicted molar refractivity (Wildman–Crippen MR) is 27.0 cm³/mol. The summed E-state index contributed by atoms with van der Waals surface area (Å²) in [6.07, 6.45) is 0. The molecule has 0 heterocycles. The largest absolute Gasteiger partial charge is 0.566 e. The average Bonchev–Trinajstić information content (AvgIpc) is 1.58. The molecule has 10 heavy (non-hydrogen) atoms. The third-order valence-corrected chi connectivity index (χ3v) is 1.49. The summed E-state index contributed by atoms with van der Waals surface area (Å²) in [7, 11) is -6.39. The highest BCUT2D eigenvalue weighted by atomic mass is 35.5. The van der Waals surface area contributed by atoms with Crippen molar-refractivity contribution in [2.45, 2.75) is 5.75 Å². The normalized spacial score (nSPS) is 16.3. The molecule has 2 unspecified atom stereocenters. The van der Waals surface area contributed by atoms with E-state index in [2.05, 4.69) is 9.05 Å². The van der Waals surface area contributed by atoms with Crippen LogP contribution in [-0.4, -0.2) is 5.75 Å². The van der Waals surface area contributed by atoms with E-state index >= 15 is 0 Å². The average molecular weight is 206 g/mol. The van der Waals surface area contributed by atoms with Crippen molar-refractivity contribution in [1.29, 1.82) is 0 Å². The molecular weight excluding hydrogens is 205 g/mol. The summed E-state index contributed by atoms with van der Waals surface area (Å²) in [6.45, 7) is 0. The van der Waals surface area contributed by atoms with Crippen LogP contribution in [0.3, 0.4) is 0 Å². The van der Waals surface area contributed by atoms with Crippen molar-refractivity contribution >= 4 is 28.1 Å². The van der Waals surface area contributed by atoms with E-state index in [-0.39, 0.29) is 0 Å². The molecule has 0 saturated heterocycles. The Kier molecular flexibility index (Phi) is 5.21. The molecule has 0 aliphatic heterocycles. The quantitative estimate of drug-likeness (QED) is 0.352. The van der Waals surface area contributed by atoms with Crippen LogP contribution < -0.4 is 9.79 Å². The number of alkyl halides is 1. The molecule has 0 aliphatic carbocycles. The van der Waals surface area contributed by atoms with Crippen molar-refractivity contribution in [2.24, 2.45) is 0 Å². The molecule has 0 bridgehead atoms. The van der Waals surface area contributed by atoms with Gasteiger partial charge >= 0.3 is 22.3 Å². The Labute approximate surface area is 62.6 Å². The van der Waals surface area contributed by atoms with E-state index in [1.807, 2.05) is 0 Å². The summed E-state index contributed by atoms with van der Waals surface area (Å²) in [6, 6.07) is 0. The van der Waals surface area contributed by atoms with E-state index in [0.717, 1.165) is 0 Å². The van der Waals surface area contributed by atoms with Crippen LogP contribution in [0.15, 0.2) is 0 Å². The molecule has 0 radical (unpaired) electrons. The molecule has 2 atom stereocenters. The first-order valence-corrected chi connectivity index (χ1v) is 4.41. The second-order valence-corrected chi connectivity index (χ2v) is 2.60. The van der Waals surface area contributed by atoms with Crippen LogP contribution in [0.25, 0.3) is 0 Å². The molecule has 0 fully saturated rings. The monoisotopic (exact) mass is 206 g/mol. The summed E-state index contributed by atoms with van der Waals surface area (Å²) in [5.74, 6) is -1.80. The summed E-state index contributed by atoms with van der Waals surface area (Å²) < 4.78 is 26.6. The van der Waals surface area contributed by atoms with Crippen LogP contribution in [0.1, 0.15) is 0 Å². The molecule has 0 amide bonds. The zero-order valence-corrected chi connectivity index (χ0v) is 6.84. The fourth-order valence-corrected chi connectivity index (χ4v) is 0.970. The molecule has 0 aromatic rings. The third-order valence-electron chi connectivity index (χ3n) is 0.338. The number of hydrogen-bond donors (Lipinski definition) is 0. The van der Waals surface area contributed by atoms with Crippen molar-refractivity contribution in [3.63, 3.8) is 0 Å². The minimum absolute atomic E-state index is 1.80. The molecule has 0 saturated carbocycles. The Bertz CT molecular complexity index is 131. The van der Waals surface area contributed by atoms with Gasteiger partial charge in [-0.25, -0.2) is 0 Å². The van der Waals surface area contributed by atoms with E-state index < -0.39 is 22.3 Å². The summed E-state index contributed by atoms with van der Waals surface area (Å²) >= 11 is 4.86. The first-order valence-electron chi connectivity index (χ1n) is 1.79. The van der Waals surface area contributed by atoms with E-state index in [1.165, 1.54) is 0 Å². The highest BCUT2D eigenvalue weighted by Gasteiger charge is 2.21. The predicted octanol–water partition coefficient (Wildman–Crippen LogP) is -0.423. The van der Waals surface area contributed by atoms with Gasteiger partial charge in [-0.2, -0.15) is 0 Å². The molecule has 0 aliphatic rings. The minimum Gasteiger partial charge on any atom is -0.566 e. The Balaban J connectivity index is 3.53. The second-order valence-electron chi connectivity index (χ2n) is 0.932. The lowest BCUT2D eigenvalue weighted by Crippen LogP contribution is -2.06. The smallest absolute Gasteiger partial charge is 0.492 e. The Morgan fingerprint density at radius 3 is 1.70 bits per heavy atom. The van der Waals surface area contributed by atoms with Crippen molar-refractivity contribution in [2.75, 3.05) is 0 Å². The van der Waals surface area contributed by atoms with E-state index in [0.29, 0.717) is 0 Å². The zero-order chi connectivity index (χ0) is 8.15. The Morgan fingerprint density at radius 2 is 1.50 bits per heavy atom. The molecule has 0 N–H and O–H groups in total. The first kappa shape index (κ1) is 10.3.